The van der Waals surface area contributed by atoms with E-state index in [-0.39, 0.29) is 6.10 Å². The number of nitrogens with two attached hydrogens (primary N) is 1. The van der Waals surface area contributed by atoms with E-state index in [2.05, 4.69) is 4.90 Å². The van der Waals surface area contributed by atoms with Gasteiger partial charge in [0.1, 0.15) is 0 Å². The van der Waals surface area contributed by atoms with Gasteiger partial charge in [0.25, 0.3) is 0 Å². The Morgan fingerprint density at radius 3 is 3.00 bits per heavy atom. The zero-order valence-corrected chi connectivity index (χ0v) is 7.87. The maximum atomic E-state index is 9.41. The van der Waals surface area contributed by atoms with Gasteiger partial charge in [-0.15, -0.1) is 0 Å². The van der Waals surface area contributed by atoms with E-state index in [9.17, 15) is 5.11 Å². The van der Waals surface area contributed by atoms with Gasteiger partial charge in [-0.05, 0) is 32.2 Å². The highest BCUT2D eigenvalue weighted by molar-refractivity contribution is 4.76. The monoisotopic (exact) mass is 172 g/mol. The SMILES string of the molecule is C[C@@H](O)[C@@H]1CCCN(CCN)C1. The molecule has 0 unspecified atom stereocenters. The van der Waals surface area contributed by atoms with Crippen LogP contribution in [-0.4, -0.2) is 42.3 Å². The number of piperidine rings is 1. The lowest BCUT2D eigenvalue weighted by molar-refractivity contribution is 0.0642. The zero-order valence-electron chi connectivity index (χ0n) is 7.87. The highest BCUT2D eigenvalue weighted by Gasteiger charge is 2.22. The summed E-state index contributed by atoms with van der Waals surface area (Å²) in [5.74, 6) is 0.463. The van der Waals surface area contributed by atoms with Crippen LogP contribution in [0.15, 0.2) is 0 Å². The van der Waals surface area contributed by atoms with Crippen LogP contribution in [0.3, 0.4) is 0 Å². The van der Waals surface area contributed by atoms with E-state index in [1.54, 1.807) is 0 Å². The molecule has 0 amide bonds. The Morgan fingerprint density at radius 1 is 1.67 bits per heavy atom. The number of aliphatic hydroxyl groups excluding tert-OH is 1. The molecule has 1 aliphatic rings. The normalized spacial score (nSPS) is 28.8. The van der Waals surface area contributed by atoms with Gasteiger partial charge in [0, 0.05) is 19.6 Å². The number of hydrogen-bond donors (Lipinski definition) is 2. The van der Waals surface area contributed by atoms with Crippen molar-refractivity contribution < 1.29 is 5.11 Å². The van der Waals surface area contributed by atoms with E-state index in [0.717, 1.165) is 26.2 Å². The molecule has 0 bridgehead atoms. The van der Waals surface area contributed by atoms with Crippen molar-refractivity contribution in [2.45, 2.75) is 25.9 Å². The van der Waals surface area contributed by atoms with Crippen LogP contribution in [0.5, 0.6) is 0 Å². The number of likely N-dealkylation sites (tertiary alicyclic amines) is 1. The Balaban J connectivity index is 2.30. The molecule has 1 rings (SSSR count). The Kier molecular flexibility index (Phi) is 3.98. The Labute approximate surface area is 74.5 Å². The first-order valence-electron chi connectivity index (χ1n) is 4.84. The van der Waals surface area contributed by atoms with Gasteiger partial charge in [-0.3, -0.25) is 0 Å². The molecule has 0 aliphatic carbocycles. The standard InChI is InChI=1S/C9H20N2O/c1-8(12)9-3-2-5-11(7-9)6-4-10/h8-9,12H,2-7,10H2,1H3/t8-,9-/m1/s1. The molecule has 0 aromatic carbocycles. The summed E-state index contributed by atoms with van der Waals surface area (Å²) in [6.07, 6.45) is 2.21. The molecule has 0 aromatic heterocycles. The summed E-state index contributed by atoms with van der Waals surface area (Å²) in [6.45, 7) is 5.77. The third kappa shape index (κ3) is 2.73. The van der Waals surface area contributed by atoms with Crippen molar-refractivity contribution in [3.63, 3.8) is 0 Å². The minimum absolute atomic E-state index is 0.162. The van der Waals surface area contributed by atoms with Crippen LogP contribution in [-0.2, 0) is 0 Å². The molecular weight excluding hydrogens is 152 g/mol. The minimum atomic E-state index is -0.162. The van der Waals surface area contributed by atoms with E-state index in [1.807, 2.05) is 6.92 Å². The van der Waals surface area contributed by atoms with Gasteiger partial charge in [-0.25, -0.2) is 0 Å². The Bertz CT molecular complexity index is 126. The molecule has 0 spiro atoms. The van der Waals surface area contributed by atoms with E-state index < -0.39 is 0 Å². The van der Waals surface area contributed by atoms with Gasteiger partial charge in [-0.1, -0.05) is 0 Å². The lowest BCUT2D eigenvalue weighted by Gasteiger charge is -2.33. The third-order valence-electron chi connectivity index (χ3n) is 2.67. The van der Waals surface area contributed by atoms with Crippen molar-refractivity contribution in [3.05, 3.63) is 0 Å². The molecule has 1 heterocycles. The molecule has 0 radical (unpaired) electrons. The minimum Gasteiger partial charge on any atom is -0.393 e. The fourth-order valence-electron chi connectivity index (χ4n) is 1.87. The second-order valence-electron chi connectivity index (χ2n) is 3.73. The molecule has 3 heteroatoms. The predicted octanol–water partition coefficient (Wildman–Crippen LogP) is 0.0379. The Hall–Kier alpha value is -0.120. The molecule has 1 fully saturated rings. The fourth-order valence-corrected chi connectivity index (χ4v) is 1.87. The quantitative estimate of drug-likeness (QED) is 0.632. The van der Waals surface area contributed by atoms with Gasteiger partial charge in [0.15, 0.2) is 0 Å². The molecule has 3 N–H and O–H groups in total. The summed E-state index contributed by atoms with van der Waals surface area (Å²) < 4.78 is 0. The highest BCUT2D eigenvalue weighted by atomic mass is 16.3. The van der Waals surface area contributed by atoms with Crippen LogP contribution in [0.4, 0.5) is 0 Å². The first-order chi connectivity index (χ1) is 5.74. The largest absolute Gasteiger partial charge is 0.393 e. The summed E-state index contributed by atoms with van der Waals surface area (Å²) in [7, 11) is 0. The maximum absolute atomic E-state index is 9.41. The smallest absolute Gasteiger partial charge is 0.0552 e. The first kappa shape index (κ1) is 9.96. The van der Waals surface area contributed by atoms with Crippen molar-refractivity contribution in [1.82, 2.24) is 4.90 Å². The van der Waals surface area contributed by atoms with Gasteiger partial charge < -0.3 is 15.7 Å². The van der Waals surface area contributed by atoms with Gasteiger partial charge in [-0.2, -0.15) is 0 Å². The zero-order chi connectivity index (χ0) is 8.97. The molecule has 2 atom stereocenters. The molecule has 72 valence electrons. The fraction of sp³-hybridized carbons (Fsp3) is 1.00. The van der Waals surface area contributed by atoms with Gasteiger partial charge in [0.05, 0.1) is 6.10 Å². The summed E-state index contributed by atoms with van der Waals surface area (Å²) in [5.41, 5.74) is 5.48. The summed E-state index contributed by atoms with van der Waals surface area (Å²) in [4.78, 5) is 2.35. The second-order valence-corrected chi connectivity index (χ2v) is 3.73. The Morgan fingerprint density at radius 2 is 2.42 bits per heavy atom. The predicted molar refractivity (Wildman–Crippen MR) is 49.9 cm³/mol. The van der Waals surface area contributed by atoms with Crippen LogP contribution in [0.1, 0.15) is 19.8 Å². The molecule has 1 saturated heterocycles. The van der Waals surface area contributed by atoms with E-state index in [0.29, 0.717) is 5.92 Å². The van der Waals surface area contributed by atoms with Crippen molar-refractivity contribution in [1.29, 1.82) is 0 Å². The van der Waals surface area contributed by atoms with Crippen LogP contribution in [0, 0.1) is 5.92 Å². The first-order valence-corrected chi connectivity index (χ1v) is 4.84. The lowest BCUT2D eigenvalue weighted by Crippen LogP contribution is -2.41. The maximum Gasteiger partial charge on any atom is 0.0552 e. The van der Waals surface area contributed by atoms with Crippen LogP contribution < -0.4 is 5.73 Å². The summed E-state index contributed by atoms with van der Waals surface area (Å²) >= 11 is 0. The molecule has 12 heavy (non-hydrogen) atoms. The highest BCUT2D eigenvalue weighted by Crippen LogP contribution is 2.18. The number of nitrogens with zero attached hydrogens (tertiary/aromatic N) is 1. The number of hydrogen-bond acceptors (Lipinski definition) is 3. The average molecular weight is 172 g/mol. The van der Waals surface area contributed by atoms with Gasteiger partial charge in [0.2, 0.25) is 0 Å². The van der Waals surface area contributed by atoms with Crippen LogP contribution >= 0.6 is 0 Å². The van der Waals surface area contributed by atoms with Crippen LogP contribution in [0.2, 0.25) is 0 Å². The average Bonchev–Trinajstić information content (AvgIpc) is 2.05. The third-order valence-corrected chi connectivity index (χ3v) is 2.67. The van der Waals surface area contributed by atoms with Gasteiger partial charge >= 0.3 is 0 Å². The second kappa shape index (κ2) is 4.80. The topological polar surface area (TPSA) is 49.5 Å². The van der Waals surface area contributed by atoms with Crippen LogP contribution in [0.25, 0.3) is 0 Å². The van der Waals surface area contributed by atoms with Crippen molar-refractivity contribution in [2.75, 3.05) is 26.2 Å². The van der Waals surface area contributed by atoms with Crippen molar-refractivity contribution in [3.8, 4) is 0 Å². The number of aliphatic hydroxyl groups is 1. The number of rotatable bonds is 3. The molecular formula is C9H20N2O. The molecule has 0 saturated carbocycles. The van der Waals surface area contributed by atoms with E-state index in [1.165, 1.54) is 12.8 Å². The molecule has 0 aromatic rings. The summed E-state index contributed by atoms with van der Waals surface area (Å²) in [6, 6.07) is 0. The summed E-state index contributed by atoms with van der Waals surface area (Å²) in [5, 5.41) is 9.41. The molecule has 1 aliphatic heterocycles. The molecule has 3 nitrogen and oxygen atoms in total. The van der Waals surface area contributed by atoms with Crippen molar-refractivity contribution >= 4 is 0 Å². The van der Waals surface area contributed by atoms with Crippen molar-refractivity contribution in [2.24, 2.45) is 11.7 Å². The van der Waals surface area contributed by atoms with E-state index >= 15 is 0 Å². The lowest BCUT2D eigenvalue weighted by atomic mass is 9.93. The van der Waals surface area contributed by atoms with E-state index in [4.69, 9.17) is 5.73 Å².